The van der Waals surface area contributed by atoms with Crippen LogP contribution in [-0.2, 0) is 4.74 Å². The van der Waals surface area contributed by atoms with Crippen LogP contribution in [0.25, 0.3) is 10.9 Å². The Labute approximate surface area is 168 Å². The Morgan fingerprint density at radius 2 is 1.57 bits per heavy atom. The van der Waals surface area contributed by atoms with Crippen molar-refractivity contribution in [3.63, 3.8) is 0 Å². The summed E-state index contributed by atoms with van der Waals surface area (Å²) < 4.78 is 23.1. The number of hydrogen-bond acceptors (Lipinski definition) is 6. The lowest BCUT2D eigenvalue weighted by molar-refractivity contribution is 0.109. The fourth-order valence-electron chi connectivity index (χ4n) is 2.81. The zero-order chi connectivity index (χ0) is 20.6. The maximum atomic E-state index is 13.2. The van der Waals surface area contributed by atoms with Crippen molar-refractivity contribution < 1.29 is 13.9 Å². The van der Waals surface area contributed by atoms with Crippen molar-refractivity contribution in [1.82, 2.24) is 15.3 Å². The SMILES string of the molecule is C1CCCCC1.C1COCCN1.CC.COc1cc2c(N)ncnc2cc1F. The maximum Gasteiger partial charge on any atom is 0.167 e. The number of fused-ring (bicyclic) bond motifs is 1. The molecule has 2 aliphatic rings. The third kappa shape index (κ3) is 8.80. The molecule has 0 atom stereocenters. The quantitative estimate of drug-likeness (QED) is 0.749. The lowest BCUT2D eigenvalue weighted by Crippen LogP contribution is -2.30. The van der Waals surface area contributed by atoms with Crippen molar-refractivity contribution >= 4 is 16.7 Å². The van der Waals surface area contributed by atoms with Gasteiger partial charge in [-0.3, -0.25) is 0 Å². The minimum atomic E-state index is -0.460. The number of methoxy groups -OCH3 is 1. The molecule has 1 aliphatic carbocycles. The highest BCUT2D eigenvalue weighted by molar-refractivity contribution is 5.88. The molecule has 158 valence electrons. The number of halogens is 1. The van der Waals surface area contributed by atoms with Crippen molar-refractivity contribution in [2.45, 2.75) is 52.4 Å². The second-order valence-corrected chi connectivity index (χ2v) is 6.25. The molecular formula is C21H35FN4O2. The van der Waals surface area contributed by atoms with Gasteiger partial charge in [0.25, 0.3) is 0 Å². The molecule has 1 saturated heterocycles. The van der Waals surface area contributed by atoms with Crippen LogP contribution in [0, 0.1) is 5.82 Å². The van der Waals surface area contributed by atoms with E-state index < -0.39 is 5.82 Å². The summed E-state index contributed by atoms with van der Waals surface area (Å²) in [5.41, 5.74) is 6.07. The second-order valence-electron chi connectivity index (χ2n) is 6.25. The molecule has 7 heteroatoms. The van der Waals surface area contributed by atoms with Gasteiger partial charge in [0.2, 0.25) is 0 Å². The van der Waals surface area contributed by atoms with Gasteiger partial charge < -0.3 is 20.5 Å². The van der Waals surface area contributed by atoms with Crippen LogP contribution in [0.1, 0.15) is 52.4 Å². The fraction of sp³-hybridized carbons (Fsp3) is 0.619. The van der Waals surface area contributed by atoms with E-state index in [0.29, 0.717) is 16.7 Å². The Bertz CT molecular complexity index is 627. The van der Waals surface area contributed by atoms with E-state index in [4.69, 9.17) is 15.2 Å². The summed E-state index contributed by atoms with van der Waals surface area (Å²) in [5, 5.41) is 3.75. The number of hydrogen-bond donors (Lipinski definition) is 2. The summed E-state index contributed by atoms with van der Waals surface area (Å²) in [5.74, 6) is -0.00889. The summed E-state index contributed by atoms with van der Waals surface area (Å²) in [6.07, 6.45) is 10.3. The molecule has 6 nitrogen and oxygen atoms in total. The smallest absolute Gasteiger partial charge is 0.167 e. The molecule has 2 fully saturated rings. The highest BCUT2D eigenvalue weighted by Gasteiger charge is 2.07. The topological polar surface area (TPSA) is 82.3 Å². The molecule has 1 aromatic carbocycles. The molecule has 0 spiro atoms. The molecule has 0 unspecified atom stereocenters. The maximum absolute atomic E-state index is 13.2. The highest BCUT2D eigenvalue weighted by atomic mass is 19.1. The lowest BCUT2D eigenvalue weighted by Gasteiger charge is -2.10. The average molecular weight is 395 g/mol. The van der Waals surface area contributed by atoms with Crippen molar-refractivity contribution in [3.8, 4) is 5.75 Å². The van der Waals surface area contributed by atoms with E-state index in [9.17, 15) is 4.39 Å². The van der Waals surface area contributed by atoms with Gasteiger partial charge in [-0.2, -0.15) is 0 Å². The zero-order valence-electron chi connectivity index (χ0n) is 17.5. The number of aromatic nitrogens is 2. The van der Waals surface area contributed by atoms with Crippen molar-refractivity contribution in [3.05, 3.63) is 24.3 Å². The van der Waals surface area contributed by atoms with Crippen LogP contribution in [0.4, 0.5) is 10.2 Å². The van der Waals surface area contributed by atoms with Gasteiger partial charge in [0.1, 0.15) is 12.1 Å². The van der Waals surface area contributed by atoms with Crippen molar-refractivity contribution in [2.24, 2.45) is 0 Å². The molecule has 1 aliphatic heterocycles. The number of morpholine rings is 1. The van der Waals surface area contributed by atoms with Crippen LogP contribution in [-0.4, -0.2) is 43.4 Å². The predicted octanol–water partition coefficient (Wildman–Crippen LogP) is 4.33. The molecule has 0 radical (unpaired) electrons. The summed E-state index contributed by atoms with van der Waals surface area (Å²) in [4.78, 5) is 7.69. The monoisotopic (exact) mass is 394 g/mol. The Balaban J connectivity index is 0.000000232. The van der Waals surface area contributed by atoms with Crippen LogP contribution in [0.15, 0.2) is 18.5 Å². The van der Waals surface area contributed by atoms with Gasteiger partial charge in [0.15, 0.2) is 11.6 Å². The predicted molar refractivity (Wildman–Crippen MR) is 113 cm³/mol. The summed E-state index contributed by atoms with van der Waals surface area (Å²) in [6, 6.07) is 2.76. The Morgan fingerprint density at radius 1 is 1.00 bits per heavy atom. The first kappa shape index (κ1) is 24.0. The third-order valence-corrected chi connectivity index (χ3v) is 4.29. The van der Waals surface area contributed by atoms with Crippen LogP contribution >= 0.6 is 0 Å². The Kier molecular flexibility index (Phi) is 12.9. The first-order valence-corrected chi connectivity index (χ1v) is 10.2. The number of nitrogen functional groups attached to an aromatic ring is 1. The number of nitrogens with one attached hydrogen (secondary N) is 1. The third-order valence-electron chi connectivity index (χ3n) is 4.29. The molecule has 0 amide bonds. The molecule has 3 N–H and O–H groups in total. The van der Waals surface area contributed by atoms with Gasteiger partial charge in [0.05, 0.1) is 25.8 Å². The van der Waals surface area contributed by atoms with E-state index in [1.807, 2.05) is 13.8 Å². The zero-order valence-corrected chi connectivity index (χ0v) is 17.5. The number of anilines is 1. The fourth-order valence-corrected chi connectivity index (χ4v) is 2.81. The first-order valence-electron chi connectivity index (χ1n) is 10.2. The van der Waals surface area contributed by atoms with Crippen LogP contribution in [0.3, 0.4) is 0 Å². The summed E-state index contributed by atoms with van der Waals surface area (Å²) >= 11 is 0. The molecular weight excluding hydrogens is 359 g/mol. The van der Waals surface area contributed by atoms with Gasteiger partial charge in [-0.1, -0.05) is 52.4 Å². The standard InChI is InChI=1S/C9H8FN3O.C6H12.C4H9NO.C2H6/c1-14-8-2-5-7(3-6(8)10)12-4-13-9(5)11;1-2-4-6-5-3-1;1-3-6-4-2-5-1;1-2/h2-4H,1H3,(H2,11,12,13);1-6H2;5H,1-4H2;1-2H3. The van der Waals surface area contributed by atoms with Gasteiger partial charge in [-0.25, -0.2) is 14.4 Å². The minimum absolute atomic E-state index is 0.138. The average Bonchev–Trinajstić information content (AvgIpc) is 2.78. The van der Waals surface area contributed by atoms with Crippen LogP contribution in [0.2, 0.25) is 0 Å². The largest absolute Gasteiger partial charge is 0.494 e. The molecule has 2 aromatic rings. The number of nitrogens with two attached hydrogens (primary N) is 1. The van der Waals surface area contributed by atoms with Crippen LogP contribution < -0.4 is 15.8 Å². The van der Waals surface area contributed by atoms with E-state index >= 15 is 0 Å². The highest BCUT2D eigenvalue weighted by Crippen LogP contribution is 2.25. The van der Waals surface area contributed by atoms with Gasteiger partial charge in [-0.05, 0) is 6.07 Å². The molecule has 2 heterocycles. The van der Waals surface area contributed by atoms with Crippen molar-refractivity contribution in [2.75, 3.05) is 39.1 Å². The number of benzene rings is 1. The van der Waals surface area contributed by atoms with E-state index in [1.54, 1.807) is 0 Å². The molecule has 1 aromatic heterocycles. The normalized spacial score (nSPS) is 15.7. The summed E-state index contributed by atoms with van der Waals surface area (Å²) in [6.45, 7) is 7.83. The van der Waals surface area contributed by atoms with Gasteiger partial charge >= 0.3 is 0 Å². The van der Waals surface area contributed by atoms with E-state index in [2.05, 4.69) is 15.3 Å². The van der Waals surface area contributed by atoms with Crippen LogP contribution in [0.5, 0.6) is 5.75 Å². The first-order chi connectivity index (χ1) is 13.7. The second kappa shape index (κ2) is 15.0. The van der Waals surface area contributed by atoms with E-state index in [0.717, 1.165) is 26.3 Å². The summed E-state index contributed by atoms with van der Waals surface area (Å²) in [7, 11) is 1.39. The molecule has 4 rings (SSSR count). The van der Waals surface area contributed by atoms with E-state index in [-0.39, 0.29) is 5.75 Å². The number of ether oxygens (including phenoxy) is 2. The van der Waals surface area contributed by atoms with Crippen molar-refractivity contribution in [1.29, 1.82) is 0 Å². The Morgan fingerprint density at radius 3 is 2.00 bits per heavy atom. The molecule has 1 saturated carbocycles. The molecule has 28 heavy (non-hydrogen) atoms. The lowest BCUT2D eigenvalue weighted by atomic mass is 10.0. The van der Waals surface area contributed by atoms with Gasteiger partial charge in [-0.15, -0.1) is 0 Å². The Hall–Kier alpha value is -1.99. The number of nitrogens with zero attached hydrogens (tertiary/aromatic N) is 2. The number of rotatable bonds is 1. The van der Waals surface area contributed by atoms with E-state index in [1.165, 1.54) is 64.1 Å². The minimum Gasteiger partial charge on any atom is -0.494 e. The van der Waals surface area contributed by atoms with Gasteiger partial charge in [0, 0.05) is 24.5 Å². The molecule has 0 bridgehead atoms.